The SMILES string of the molecule is CCC1CCCCN1c1ccc(C)cc1CNC(C)C. The second-order valence-corrected chi connectivity index (χ2v) is 6.42. The van der Waals surface area contributed by atoms with Crippen LogP contribution in [0, 0.1) is 6.92 Å². The summed E-state index contributed by atoms with van der Waals surface area (Å²) in [4.78, 5) is 2.65. The third kappa shape index (κ3) is 3.76. The van der Waals surface area contributed by atoms with E-state index in [0.29, 0.717) is 6.04 Å². The van der Waals surface area contributed by atoms with Crippen LogP contribution < -0.4 is 10.2 Å². The van der Waals surface area contributed by atoms with Gasteiger partial charge in [-0.15, -0.1) is 0 Å². The standard InChI is InChI=1S/C18H30N2/c1-5-17-8-6-7-11-20(17)18-10-9-15(4)12-16(18)13-19-14(2)3/h9-10,12,14,17,19H,5-8,11,13H2,1-4H3. The van der Waals surface area contributed by atoms with E-state index >= 15 is 0 Å². The van der Waals surface area contributed by atoms with Crippen LogP contribution in [0.2, 0.25) is 0 Å². The van der Waals surface area contributed by atoms with Crippen LogP contribution in [-0.2, 0) is 6.54 Å². The van der Waals surface area contributed by atoms with Gasteiger partial charge in [0, 0.05) is 30.9 Å². The molecule has 20 heavy (non-hydrogen) atoms. The van der Waals surface area contributed by atoms with E-state index in [4.69, 9.17) is 0 Å². The van der Waals surface area contributed by atoms with Gasteiger partial charge in [-0.1, -0.05) is 38.5 Å². The number of nitrogens with zero attached hydrogens (tertiary/aromatic N) is 1. The Labute approximate surface area is 124 Å². The maximum Gasteiger partial charge on any atom is 0.0414 e. The van der Waals surface area contributed by atoms with Crippen molar-refractivity contribution in [2.75, 3.05) is 11.4 Å². The Morgan fingerprint density at radius 2 is 2.10 bits per heavy atom. The Hall–Kier alpha value is -1.02. The van der Waals surface area contributed by atoms with Crippen LogP contribution >= 0.6 is 0 Å². The molecule has 0 spiro atoms. The Bertz CT molecular complexity index is 425. The predicted molar refractivity (Wildman–Crippen MR) is 88.4 cm³/mol. The highest BCUT2D eigenvalue weighted by Crippen LogP contribution is 2.30. The van der Waals surface area contributed by atoms with Crippen LogP contribution in [0.25, 0.3) is 0 Å². The van der Waals surface area contributed by atoms with Crippen LogP contribution in [0.15, 0.2) is 18.2 Å². The summed E-state index contributed by atoms with van der Waals surface area (Å²) < 4.78 is 0. The predicted octanol–water partition coefficient (Wildman–Crippen LogP) is 4.26. The van der Waals surface area contributed by atoms with Crippen LogP contribution in [0.1, 0.15) is 57.6 Å². The van der Waals surface area contributed by atoms with Crippen molar-refractivity contribution in [2.24, 2.45) is 0 Å². The van der Waals surface area contributed by atoms with Gasteiger partial charge in [-0.05, 0) is 44.2 Å². The highest BCUT2D eigenvalue weighted by molar-refractivity contribution is 5.56. The van der Waals surface area contributed by atoms with Crippen molar-refractivity contribution >= 4 is 5.69 Å². The van der Waals surface area contributed by atoms with Gasteiger partial charge in [0.2, 0.25) is 0 Å². The van der Waals surface area contributed by atoms with Crippen molar-refractivity contribution < 1.29 is 0 Å². The largest absolute Gasteiger partial charge is 0.368 e. The van der Waals surface area contributed by atoms with Gasteiger partial charge in [0.15, 0.2) is 0 Å². The first-order valence-corrected chi connectivity index (χ1v) is 8.21. The van der Waals surface area contributed by atoms with E-state index in [1.165, 1.54) is 49.0 Å². The van der Waals surface area contributed by atoms with Gasteiger partial charge in [0.05, 0.1) is 0 Å². The van der Waals surface area contributed by atoms with Crippen molar-refractivity contribution in [1.29, 1.82) is 0 Å². The molecule has 0 saturated carbocycles. The molecule has 0 amide bonds. The lowest BCUT2D eigenvalue weighted by Gasteiger charge is -2.38. The smallest absolute Gasteiger partial charge is 0.0414 e. The van der Waals surface area contributed by atoms with Gasteiger partial charge in [-0.3, -0.25) is 0 Å². The number of hydrogen-bond acceptors (Lipinski definition) is 2. The highest BCUT2D eigenvalue weighted by atomic mass is 15.2. The van der Waals surface area contributed by atoms with Crippen molar-refractivity contribution in [3.8, 4) is 0 Å². The molecule has 2 rings (SSSR count). The molecular formula is C18H30N2. The highest BCUT2D eigenvalue weighted by Gasteiger charge is 2.22. The van der Waals surface area contributed by atoms with Crippen LogP contribution in [0.4, 0.5) is 5.69 Å². The number of anilines is 1. The Morgan fingerprint density at radius 1 is 1.30 bits per heavy atom. The molecule has 1 aromatic carbocycles. The van der Waals surface area contributed by atoms with Crippen LogP contribution in [0.5, 0.6) is 0 Å². The number of aryl methyl sites for hydroxylation is 1. The van der Waals surface area contributed by atoms with E-state index in [2.05, 4.69) is 56.1 Å². The van der Waals surface area contributed by atoms with Crippen LogP contribution in [0.3, 0.4) is 0 Å². The van der Waals surface area contributed by atoms with Gasteiger partial charge in [-0.2, -0.15) is 0 Å². The summed E-state index contributed by atoms with van der Waals surface area (Å²) >= 11 is 0. The number of benzene rings is 1. The first kappa shape index (κ1) is 15.4. The summed E-state index contributed by atoms with van der Waals surface area (Å²) in [5.41, 5.74) is 4.27. The molecule has 2 heteroatoms. The molecule has 2 nitrogen and oxygen atoms in total. The summed E-state index contributed by atoms with van der Waals surface area (Å²) in [6.07, 6.45) is 5.33. The molecule has 0 bridgehead atoms. The molecule has 112 valence electrons. The number of piperidine rings is 1. The van der Waals surface area contributed by atoms with Crippen molar-refractivity contribution in [1.82, 2.24) is 5.32 Å². The van der Waals surface area contributed by atoms with Gasteiger partial charge in [0.25, 0.3) is 0 Å². The first-order chi connectivity index (χ1) is 9.61. The second kappa shape index (κ2) is 7.12. The minimum Gasteiger partial charge on any atom is -0.368 e. The van der Waals surface area contributed by atoms with Gasteiger partial charge < -0.3 is 10.2 Å². The summed E-state index contributed by atoms with van der Waals surface area (Å²) in [7, 11) is 0. The third-order valence-corrected chi connectivity index (χ3v) is 4.34. The molecule has 0 radical (unpaired) electrons. The average molecular weight is 274 g/mol. The van der Waals surface area contributed by atoms with Crippen molar-refractivity contribution in [3.05, 3.63) is 29.3 Å². The molecule has 1 fully saturated rings. The third-order valence-electron chi connectivity index (χ3n) is 4.34. The molecule has 1 unspecified atom stereocenters. The van der Waals surface area contributed by atoms with Crippen LogP contribution in [-0.4, -0.2) is 18.6 Å². The van der Waals surface area contributed by atoms with Gasteiger partial charge >= 0.3 is 0 Å². The molecule has 0 aromatic heterocycles. The minimum atomic E-state index is 0.534. The minimum absolute atomic E-state index is 0.534. The molecular weight excluding hydrogens is 244 g/mol. The average Bonchev–Trinajstić information content (AvgIpc) is 2.45. The number of hydrogen-bond donors (Lipinski definition) is 1. The number of rotatable bonds is 5. The zero-order chi connectivity index (χ0) is 14.5. The molecule has 1 saturated heterocycles. The maximum atomic E-state index is 3.57. The van der Waals surface area contributed by atoms with E-state index < -0.39 is 0 Å². The molecule has 1 N–H and O–H groups in total. The van der Waals surface area contributed by atoms with E-state index in [1.807, 2.05) is 0 Å². The summed E-state index contributed by atoms with van der Waals surface area (Å²) in [5.74, 6) is 0. The normalized spacial score (nSPS) is 19.6. The molecule has 1 atom stereocenters. The molecule has 1 aromatic rings. The van der Waals surface area contributed by atoms with E-state index in [-0.39, 0.29) is 0 Å². The quantitative estimate of drug-likeness (QED) is 0.863. The zero-order valence-corrected chi connectivity index (χ0v) is 13.6. The van der Waals surface area contributed by atoms with Gasteiger partial charge in [0.1, 0.15) is 0 Å². The van der Waals surface area contributed by atoms with E-state index in [0.717, 1.165) is 12.6 Å². The molecule has 1 heterocycles. The fourth-order valence-corrected chi connectivity index (χ4v) is 3.19. The first-order valence-electron chi connectivity index (χ1n) is 8.21. The maximum absolute atomic E-state index is 3.57. The monoisotopic (exact) mass is 274 g/mol. The lowest BCUT2D eigenvalue weighted by molar-refractivity contribution is 0.448. The fraction of sp³-hybridized carbons (Fsp3) is 0.667. The zero-order valence-electron chi connectivity index (χ0n) is 13.6. The molecule has 1 aliphatic heterocycles. The lowest BCUT2D eigenvalue weighted by Crippen LogP contribution is -2.40. The summed E-state index contributed by atoms with van der Waals surface area (Å²) in [6, 6.07) is 8.21. The van der Waals surface area contributed by atoms with Crippen molar-refractivity contribution in [2.45, 2.75) is 72.0 Å². The second-order valence-electron chi connectivity index (χ2n) is 6.42. The van der Waals surface area contributed by atoms with Gasteiger partial charge in [-0.25, -0.2) is 0 Å². The topological polar surface area (TPSA) is 15.3 Å². The fourth-order valence-electron chi connectivity index (χ4n) is 3.19. The van der Waals surface area contributed by atoms with Crippen molar-refractivity contribution in [3.63, 3.8) is 0 Å². The van der Waals surface area contributed by atoms with E-state index in [1.54, 1.807) is 0 Å². The Morgan fingerprint density at radius 3 is 2.80 bits per heavy atom. The summed E-state index contributed by atoms with van der Waals surface area (Å²) in [6.45, 7) is 11.1. The number of nitrogens with one attached hydrogen (secondary N) is 1. The summed E-state index contributed by atoms with van der Waals surface area (Å²) in [5, 5.41) is 3.57. The molecule has 1 aliphatic rings. The lowest BCUT2D eigenvalue weighted by atomic mass is 9.97. The molecule has 0 aliphatic carbocycles. The Balaban J connectivity index is 2.24. The Kier molecular flexibility index (Phi) is 5.47. The van der Waals surface area contributed by atoms with E-state index in [9.17, 15) is 0 Å².